The molecule has 4 nitrogen and oxygen atoms in total. The van der Waals surface area contributed by atoms with E-state index in [1.165, 1.54) is 14.2 Å². The molecule has 1 rings (SSSR count). The largest absolute Gasteiger partial charge is 0.468 e. The Labute approximate surface area is 127 Å². The molecule has 1 aromatic rings. The second-order valence-corrected chi connectivity index (χ2v) is 4.54. The summed E-state index contributed by atoms with van der Waals surface area (Å²) in [5.74, 6) is -2.67. The lowest BCUT2D eigenvalue weighted by Crippen LogP contribution is -2.27. The molecule has 0 radical (unpaired) electrons. The van der Waals surface area contributed by atoms with Gasteiger partial charge in [-0.25, -0.2) is 0 Å². The molecule has 0 amide bonds. The molecule has 21 heavy (non-hydrogen) atoms. The highest BCUT2D eigenvalue weighted by Crippen LogP contribution is 2.27. The van der Waals surface area contributed by atoms with Crippen LogP contribution in [0.3, 0.4) is 0 Å². The summed E-state index contributed by atoms with van der Waals surface area (Å²) in [6.07, 6.45) is 2.22. The molecule has 0 unspecified atom stereocenters. The topological polar surface area (TPSA) is 52.6 Å². The Hall–Kier alpha value is -2.10. The van der Waals surface area contributed by atoms with Gasteiger partial charge in [0.25, 0.3) is 0 Å². The first kappa shape index (κ1) is 15.3. The third-order valence-electron chi connectivity index (χ3n) is 3.09. The fraction of sp³-hybridized carbons (Fsp3) is 0.412. The Kier molecular flexibility index (Phi) is 6.52. The summed E-state index contributed by atoms with van der Waals surface area (Å²) in [7, 11) is 2.44. The number of methoxy groups -OCH3 is 2. The van der Waals surface area contributed by atoms with Crippen LogP contribution in [0.4, 0.5) is 0 Å². The number of hydrogen-bond acceptors (Lipinski definition) is 4. The van der Waals surface area contributed by atoms with Crippen molar-refractivity contribution in [2.45, 2.75) is 26.2 Å². The van der Waals surface area contributed by atoms with Gasteiger partial charge in [0.05, 0.1) is 15.6 Å². The molecule has 4 heteroatoms. The summed E-state index contributed by atoms with van der Waals surface area (Å²) >= 11 is 0. The van der Waals surface area contributed by atoms with Gasteiger partial charge >= 0.3 is 11.9 Å². The second-order valence-electron chi connectivity index (χ2n) is 4.54. The van der Waals surface area contributed by atoms with Gasteiger partial charge in [0.1, 0.15) is 0 Å². The van der Waals surface area contributed by atoms with Crippen molar-refractivity contribution in [2.24, 2.45) is 5.92 Å². The SMILES string of the molecule is [2H]/C(CCCC)=C(/c1ccccc1)C(C(=O)OC)C(=O)OC. The van der Waals surface area contributed by atoms with Gasteiger partial charge in [0.15, 0.2) is 5.92 Å². The number of rotatable bonds is 7. The highest BCUT2D eigenvalue weighted by Gasteiger charge is 2.33. The smallest absolute Gasteiger partial charge is 0.324 e. The number of hydrogen-bond donors (Lipinski definition) is 0. The minimum atomic E-state index is -1.23. The third-order valence-corrected chi connectivity index (χ3v) is 3.09. The van der Waals surface area contributed by atoms with Gasteiger partial charge in [-0.3, -0.25) is 9.59 Å². The van der Waals surface area contributed by atoms with Crippen molar-refractivity contribution in [3.8, 4) is 0 Å². The standard InChI is InChI=1S/C17H22O4/c1-4-5-7-12-14(13-10-8-6-9-11-13)15(16(18)20-2)17(19)21-3/h6,8-12,15H,4-5,7H2,1-3H3/b14-12+/i12D. The number of carbonyl (C=O) groups is 2. The molecule has 114 valence electrons. The highest BCUT2D eigenvalue weighted by atomic mass is 16.5. The lowest BCUT2D eigenvalue weighted by atomic mass is 9.91. The van der Waals surface area contributed by atoms with Gasteiger partial charge in [-0.1, -0.05) is 56.1 Å². The van der Waals surface area contributed by atoms with Crippen LogP contribution in [0.5, 0.6) is 0 Å². The molecule has 0 bridgehead atoms. The van der Waals surface area contributed by atoms with Gasteiger partial charge < -0.3 is 9.47 Å². The van der Waals surface area contributed by atoms with Crippen molar-refractivity contribution >= 4 is 17.5 Å². The van der Waals surface area contributed by atoms with Crippen molar-refractivity contribution < 1.29 is 20.4 Å². The average molecular weight is 291 g/mol. The average Bonchev–Trinajstić information content (AvgIpc) is 2.56. The van der Waals surface area contributed by atoms with Crippen LogP contribution in [-0.2, 0) is 19.1 Å². The van der Waals surface area contributed by atoms with E-state index in [1.807, 2.05) is 13.0 Å². The van der Waals surface area contributed by atoms with E-state index in [1.54, 1.807) is 24.3 Å². The van der Waals surface area contributed by atoms with Crippen molar-refractivity contribution in [1.29, 1.82) is 0 Å². The zero-order valence-electron chi connectivity index (χ0n) is 13.7. The quantitative estimate of drug-likeness (QED) is 0.572. The van der Waals surface area contributed by atoms with E-state index in [0.29, 0.717) is 17.6 Å². The highest BCUT2D eigenvalue weighted by molar-refractivity contribution is 6.06. The summed E-state index contributed by atoms with van der Waals surface area (Å²) in [6, 6.07) is 9.24. The molecule has 0 saturated carbocycles. The number of esters is 2. The molecule has 0 fully saturated rings. The first-order valence-electron chi connectivity index (χ1n) is 7.47. The van der Waals surface area contributed by atoms with Crippen molar-refractivity contribution in [3.05, 3.63) is 41.9 Å². The maximum absolute atomic E-state index is 12.1. The summed E-state index contributed by atoms with van der Waals surface area (Å²) in [4.78, 5) is 24.1. The van der Waals surface area contributed by atoms with Gasteiger partial charge in [-0.15, -0.1) is 0 Å². The lowest BCUT2D eigenvalue weighted by Gasteiger charge is -2.17. The second kappa shape index (κ2) is 8.95. The molecular weight excluding hydrogens is 268 g/mol. The fourth-order valence-corrected chi connectivity index (χ4v) is 1.96. The van der Waals surface area contributed by atoms with Crippen LogP contribution in [0, 0.1) is 5.92 Å². The Balaban J connectivity index is 3.40. The maximum Gasteiger partial charge on any atom is 0.324 e. The lowest BCUT2D eigenvalue weighted by molar-refractivity contribution is -0.155. The Morgan fingerprint density at radius 1 is 1.19 bits per heavy atom. The van der Waals surface area contributed by atoms with Crippen LogP contribution in [0.15, 0.2) is 36.4 Å². The molecule has 0 aliphatic carbocycles. The first-order valence-corrected chi connectivity index (χ1v) is 6.97. The van der Waals surface area contributed by atoms with E-state index in [2.05, 4.69) is 0 Å². The van der Waals surface area contributed by atoms with E-state index < -0.39 is 17.9 Å². The molecule has 0 spiro atoms. The summed E-state index contributed by atoms with van der Waals surface area (Å²) in [5.41, 5.74) is 1.01. The predicted molar refractivity (Wildman–Crippen MR) is 81.5 cm³/mol. The minimum absolute atomic E-state index is 0.258. The van der Waals surface area contributed by atoms with Crippen molar-refractivity contribution in [2.75, 3.05) is 14.2 Å². The normalized spacial score (nSPS) is 12.5. The summed E-state index contributed by atoms with van der Waals surface area (Å²) < 4.78 is 17.8. The van der Waals surface area contributed by atoms with E-state index in [-0.39, 0.29) is 6.05 Å². The van der Waals surface area contributed by atoms with E-state index in [4.69, 9.17) is 10.8 Å². The Morgan fingerprint density at radius 2 is 1.76 bits per heavy atom. The molecule has 0 heterocycles. The molecular formula is C17H22O4. The van der Waals surface area contributed by atoms with Gasteiger partial charge in [-0.05, 0) is 17.6 Å². The first-order chi connectivity index (χ1) is 10.6. The predicted octanol–water partition coefficient (Wildman–Crippen LogP) is 3.22. The van der Waals surface area contributed by atoms with Crippen LogP contribution in [0.2, 0.25) is 0 Å². The molecule has 0 N–H and O–H groups in total. The number of benzene rings is 1. The van der Waals surface area contributed by atoms with E-state index in [0.717, 1.165) is 12.8 Å². The monoisotopic (exact) mass is 291 g/mol. The number of allylic oxidation sites excluding steroid dienone is 1. The molecule has 0 saturated heterocycles. The van der Waals surface area contributed by atoms with Crippen LogP contribution in [-0.4, -0.2) is 26.2 Å². The molecule has 1 aromatic carbocycles. The van der Waals surface area contributed by atoms with Crippen LogP contribution < -0.4 is 0 Å². The van der Waals surface area contributed by atoms with E-state index in [9.17, 15) is 9.59 Å². The summed E-state index contributed by atoms with van der Waals surface area (Å²) in [6.45, 7) is 2.02. The summed E-state index contributed by atoms with van der Waals surface area (Å²) in [5, 5.41) is 0. The molecule has 0 aliphatic heterocycles. The fourth-order valence-electron chi connectivity index (χ4n) is 1.96. The Bertz CT molecular complexity index is 521. The minimum Gasteiger partial charge on any atom is -0.468 e. The van der Waals surface area contributed by atoms with Gasteiger partial charge in [0.2, 0.25) is 0 Å². The van der Waals surface area contributed by atoms with Crippen LogP contribution in [0.25, 0.3) is 5.57 Å². The number of carbonyl (C=O) groups excluding carboxylic acids is 2. The van der Waals surface area contributed by atoms with Gasteiger partial charge in [0, 0.05) is 0 Å². The van der Waals surface area contributed by atoms with E-state index >= 15 is 0 Å². The van der Waals surface area contributed by atoms with Gasteiger partial charge in [-0.2, -0.15) is 0 Å². The maximum atomic E-state index is 12.1. The third kappa shape index (κ3) is 4.74. The number of ether oxygens (including phenoxy) is 2. The van der Waals surface area contributed by atoms with Crippen LogP contribution >= 0.6 is 0 Å². The van der Waals surface area contributed by atoms with Crippen molar-refractivity contribution in [3.63, 3.8) is 0 Å². The molecule has 0 aromatic heterocycles. The Morgan fingerprint density at radius 3 is 2.24 bits per heavy atom. The molecule has 0 aliphatic rings. The molecule has 0 atom stereocenters. The zero-order valence-corrected chi connectivity index (χ0v) is 12.7. The zero-order chi connectivity index (χ0) is 16.5. The van der Waals surface area contributed by atoms with Crippen molar-refractivity contribution in [1.82, 2.24) is 0 Å². The number of unbranched alkanes of at least 4 members (excludes halogenated alkanes) is 1. The van der Waals surface area contributed by atoms with Crippen LogP contribution in [0.1, 0.15) is 33.1 Å².